The molecule has 136 valence electrons. The molecule has 3 rings (SSSR count). The van der Waals surface area contributed by atoms with Gasteiger partial charge in [0.05, 0.1) is 18.3 Å². The third-order valence-corrected chi connectivity index (χ3v) is 4.64. The average molecular weight is 352 g/mol. The summed E-state index contributed by atoms with van der Waals surface area (Å²) >= 11 is 0. The van der Waals surface area contributed by atoms with Crippen molar-refractivity contribution in [3.8, 4) is 17.5 Å². The van der Waals surface area contributed by atoms with Gasteiger partial charge in [-0.2, -0.15) is 5.26 Å². The number of oxazole rings is 1. The SMILES string of the molecule is CC(C)(Cc1coc(-c2ccccc2)n1)NCC(=O)N1CCC[C@H]1C#N. The highest BCUT2D eigenvalue weighted by Gasteiger charge is 2.29. The smallest absolute Gasteiger partial charge is 0.237 e. The van der Waals surface area contributed by atoms with Gasteiger partial charge < -0.3 is 14.6 Å². The molecule has 0 saturated carbocycles. The first-order valence-corrected chi connectivity index (χ1v) is 8.92. The Morgan fingerprint density at radius 3 is 2.92 bits per heavy atom. The fourth-order valence-electron chi connectivity index (χ4n) is 3.23. The maximum absolute atomic E-state index is 12.4. The van der Waals surface area contributed by atoms with Crippen molar-refractivity contribution < 1.29 is 9.21 Å². The number of nitrogens with zero attached hydrogens (tertiary/aromatic N) is 3. The van der Waals surface area contributed by atoms with Gasteiger partial charge in [0.1, 0.15) is 12.3 Å². The first-order chi connectivity index (χ1) is 12.5. The quantitative estimate of drug-likeness (QED) is 0.864. The highest BCUT2D eigenvalue weighted by Crippen LogP contribution is 2.21. The van der Waals surface area contributed by atoms with Crippen LogP contribution in [0.2, 0.25) is 0 Å². The largest absolute Gasteiger partial charge is 0.444 e. The fraction of sp³-hybridized carbons (Fsp3) is 0.450. The molecule has 2 heterocycles. The Morgan fingerprint density at radius 2 is 2.19 bits per heavy atom. The molecule has 0 bridgehead atoms. The Labute approximate surface area is 153 Å². The molecule has 1 saturated heterocycles. The van der Waals surface area contributed by atoms with Gasteiger partial charge in [-0.05, 0) is 38.8 Å². The summed E-state index contributed by atoms with van der Waals surface area (Å²) in [5, 5.41) is 12.4. The monoisotopic (exact) mass is 352 g/mol. The van der Waals surface area contributed by atoms with Gasteiger partial charge >= 0.3 is 0 Å². The molecule has 0 radical (unpaired) electrons. The molecule has 6 nitrogen and oxygen atoms in total. The van der Waals surface area contributed by atoms with Crippen molar-refractivity contribution in [2.24, 2.45) is 0 Å². The number of benzene rings is 1. The molecule has 0 unspecified atom stereocenters. The van der Waals surface area contributed by atoms with E-state index in [1.54, 1.807) is 11.2 Å². The summed E-state index contributed by atoms with van der Waals surface area (Å²) in [6, 6.07) is 11.7. The van der Waals surface area contributed by atoms with Gasteiger partial charge in [0.15, 0.2) is 0 Å². The third-order valence-electron chi connectivity index (χ3n) is 4.64. The number of nitrogens with one attached hydrogen (secondary N) is 1. The predicted octanol–water partition coefficient (Wildman–Crippen LogP) is 2.77. The highest BCUT2D eigenvalue weighted by molar-refractivity contribution is 5.79. The van der Waals surface area contributed by atoms with Crippen LogP contribution >= 0.6 is 0 Å². The van der Waals surface area contributed by atoms with Gasteiger partial charge in [0, 0.05) is 24.1 Å². The fourth-order valence-corrected chi connectivity index (χ4v) is 3.23. The number of hydrogen-bond acceptors (Lipinski definition) is 5. The van der Waals surface area contributed by atoms with Crippen LogP contribution in [-0.2, 0) is 11.2 Å². The Balaban J connectivity index is 1.57. The van der Waals surface area contributed by atoms with Crippen LogP contribution in [0.5, 0.6) is 0 Å². The van der Waals surface area contributed by atoms with Crippen LogP contribution in [0.25, 0.3) is 11.5 Å². The highest BCUT2D eigenvalue weighted by atomic mass is 16.3. The van der Waals surface area contributed by atoms with Gasteiger partial charge in [-0.15, -0.1) is 0 Å². The van der Waals surface area contributed by atoms with Crippen molar-refractivity contribution in [2.45, 2.75) is 44.7 Å². The second kappa shape index (κ2) is 7.71. The van der Waals surface area contributed by atoms with E-state index in [1.165, 1.54) is 0 Å². The van der Waals surface area contributed by atoms with Crippen LogP contribution in [-0.4, -0.2) is 40.5 Å². The van der Waals surface area contributed by atoms with E-state index >= 15 is 0 Å². The summed E-state index contributed by atoms with van der Waals surface area (Å²) in [4.78, 5) is 18.6. The molecule has 1 fully saturated rings. The molecule has 1 atom stereocenters. The van der Waals surface area contributed by atoms with Gasteiger partial charge in [0.2, 0.25) is 11.8 Å². The zero-order chi connectivity index (χ0) is 18.6. The number of rotatable bonds is 6. The van der Waals surface area contributed by atoms with Crippen LogP contribution in [0.1, 0.15) is 32.4 Å². The van der Waals surface area contributed by atoms with Crippen LogP contribution in [0.3, 0.4) is 0 Å². The summed E-state index contributed by atoms with van der Waals surface area (Å²) in [6.07, 6.45) is 3.97. The number of nitriles is 1. The van der Waals surface area contributed by atoms with E-state index in [0.29, 0.717) is 18.9 Å². The molecule has 0 spiro atoms. The third kappa shape index (κ3) is 4.30. The van der Waals surface area contributed by atoms with Crippen LogP contribution in [0.4, 0.5) is 0 Å². The molecule has 1 N–H and O–H groups in total. The second-order valence-corrected chi connectivity index (χ2v) is 7.30. The van der Waals surface area contributed by atoms with Gasteiger partial charge in [0.25, 0.3) is 0 Å². The number of amides is 1. The average Bonchev–Trinajstić information content (AvgIpc) is 3.29. The minimum absolute atomic E-state index is 0.0211. The van der Waals surface area contributed by atoms with E-state index in [0.717, 1.165) is 24.1 Å². The van der Waals surface area contributed by atoms with Crippen LogP contribution < -0.4 is 5.32 Å². The molecule has 1 aromatic carbocycles. The maximum Gasteiger partial charge on any atom is 0.237 e. The second-order valence-electron chi connectivity index (χ2n) is 7.30. The molecule has 6 heteroatoms. The first kappa shape index (κ1) is 18.2. The molecule has 2 aromatic rings. The number of carbonyl (C=O) groups excluding carboxylic acids is 1. The number of aromatic nitrogens is 1. The standard InChI is InChI=1S/C20H24N4O2/c1-20(2,22-13-18(25)24-10-6-9-17(24)12-21)11-16-14-26-19(23-16)15-7-4-3-5-8-15/h3-5,7-8,14,17,22H,6,9-11,13H2,1-2H3/t17-/m0/s1. The molecular formula is C20H24N4O2. The van der Waals surface area contributed by atoms with Crippen molar-refractivity contribution in [2.75, 3.05) is 13.1 Å². The molecule has 1 aliphatic heterocycles. The van der Waals surface area contributed by atoms with Crippen molar-refractivity contribution >= 4 is 5.91 Å². The molecule has 1 aromatic heterocycles. The first-order valence-electron chi connectivity index (χ1n) is 8.92. The zero-order valence-electron chi connectivity index (χ0n) is 15.2. The summed E-state index contributed by atoms with van der Waals surface area (Å²) < 4.78 is 5.58. The molecule has 1 aliphatic rings. The lowest BCUT2D eigenvalue weighted by Crippen LogP contribution is -2.48. The van der Waals surface area contributed by atoms with Crippen molar-refractivity contribution in [1.29, 1.82) is 5.26 Å². The predicted molar refractivity (Wildman–Crippen MR) is 98.1 cm³/mol. The van der Waals surface area contributed by atoms with Crippen LogP contribution in [0.15, 0.2) is 41.0 Å². The molecule has 0 aliphatic carbocycles. The Morgan fingerprint density at radius 1 is 1.42 bits per heavy atom. The Hall–Kier alpha value is -2.65. The summed E-state index contributed by atoms with van der Waals surface area (Å²) in [5.74, 6) is 0.577. The number of likely N-dealkylation sites (tertiary alicyclic amines) is 1. The van der Waals surface area contributed by atoms with Crippen LogP contribution in [0, 0.1) is 11.3 Å². The number of hydrogen-bond donors (Lipinski definition) is 1. The van der Waals surface area contributed by atoms with Crippen molar-refractivity contribution in [3.63, 3.8) is 0 Å². The maximum atomic E-state index is 12.4. The topological polar surface area (TPSA) is 82.2 Å². The summed E-state index contributed by atoms with van der Waals surface area (Å²) in [7, 11) is 0. The molecule has 1 amide bonds. The van der Waals surface area contributed by atoms with Gasteiger partial charge in [-0.25, -0.2) is 4.98 Å². The summed E-state index contributed by atoms with van der Waals surface area (Å²) in [6.45, 7) is 4.95. The Bertz CT molecular complexity index is 792. The normalized spacial score (nSPS) is 17.3. The van der Waals surface area contributed by atoms with Gasteiger partial charge in [-0.3, -0.25) is 4.79 Å². The van der Waals surface area contributed by atoms with E-state index in [-0.39, 0.29) is 24.0 Å². The lowest BCUT2D eigenvalue weighted by Gasteiger charge is -2.27. The lowest BCUT2D eigenvalue weighted by molar-refractivity contribution is -0.130. The van der Waals surface area contributed by atoms with Gasteiger partial charge in [-0.1, -0.05) is 18.2 Å². The molecular weight excluding hydrogens is 328 g/mol. The van der Waals surface area contributed by atoms with E-state index in [1.807, 2.05) is 44.2 Å². The minimum Gasteiger partial charge on any atom is -0.444 e. The Kier molecular flexibility index (Phi) is 5.38. The van der Waals surface area contributed by atoms with E-state index in [2.05, 4.69) is 16.4 Å². The van der Waals surface area contributed by atoms with Crippen molar-refractivity contribution in [3.05, 3.63) is 42.3 Å². The summed E-state index contributed by atoms with van der Waals surface area (Å²) in [5.41, 5.74) is 1.46. The van der Waals surface area contributed by atoms with E-state index in [4.69, 9.17) is 9.68 Å². The molecule has 26 heavy (non-hydrogen) atoms. The van der Waals surface area contributed by atoms with Crippen molar-refractivity contribution in [1.82, 2.24) is 15.2 Å². The number of carbonyl (C=O) groups is 1. The zero-order valence-corrected chi connectivity index (χ0v) is 15.2. The van der Waals surface area contributed by atoms with E-state index in [9.17, 15) is 4.79 Å². The minimum atomic E-state index is -0.317. The lowest BCUT2D eigenvalue weighted by atomic mass is 9.99. The van der Waals surface area contributed by atoms with E-state index < -0.39 is 0 Å².